The fourth-order valence-electron chi connectivity index (χ4n) is 0.964. The largest absolute Gasteiger partial charge is 0.290 e. The molecule has 59 valence electrons. The minimum Gasteiger partial charge on any atom is -0.290 e. The molecule has 12 heavy (non-hydrogen) atoms. The summed E-state index contributed by atoms with van der Waals surface area (Å²) in [6.45, 7) is 0. The standard InChI is InChI=1S/C9H6NOS/c11-8-3-1-7(2-4-8)9-10-5-6-12-9/h1-6H. The van der Waals surface area contributed by atoms with Crippen LogP contribution in [0.4, 0.5) is 0 Å². The van der Waals surface area contributed by atoms with E-state index in [1.165, 1.54) is 0 Å². The van der Waals surface area contributed by atoms with Gasteiger partial charge in [-0.15, -0.1) is 11.3 Å². The highest BCUT2D eigenvalue weighted by Gasteiger charge is 1.99. The number of benzene rings is 1. The van der Waals surface area contributed by atoms with Crippen molar-refractivity contribution in [3.05, 3.63) is 35.8 Å². The summed E-state index contributed by atoms with van der Waals surface area (Å²) in [5, 5.41) is 13.6. The molecule has 0 fully saturated rings. The Morgan fingerprint density at radius 2 is 1.92 bits per heavy atom. The van der Waals surface area contributed by atoms with E-state index in [0.717, 1.165) is 10.6 Å². The lowest BCUT2D eigenvalue weighted by Crippen LogP contribution is -1.72. The first-order valence-corrected chi connectivity index (χ1v) is 4.41. The Labute approximate surface area is 74.1 Å². The normalized spacial score (nSPS) is 10.0. The average Bonchev–Trinajstić information content (AvgIpc) is 2.58. The van der Waals surface area contributed by atoms with E-state index >= 15 is 0 Å². The van der Waals surface area contributed by atoms with Crippen molar-refractivity contribution >= 4 is 11.3 Å². The van der Waals surface area contributed by atoms with Crippen LogP contribution in [-0.4, -0.2) is 4.98 Å². The van der Waals surface area contributed by atoms with Crippen LogP contribution in [0.1, 0.15) is 0 Å². The van der Waals surface area contributed by atoms with E-state index in [9.17, 15) is 5.11 Å². The van der Waals surface area contributed by atoms with E-state index in [0.29, 0.717) is 0 Å². The number of thiazole rings is 1. The zero-order valence-corrected chi connectivity index (χ0v) is 7.04. The zero-order valence-electron chi connectivity index (χ0n) is 6.23. The van der Waals surface area contributed by atoms with Crippen LogP contribution >= 0.6 is 11.3 Å². The molecule has 3 heteroatoms. The molecule has 1 aromatic heterocycles. The lowest BCUT2D eigenvalue weighted by molar-refractivity contribution is 0.355. The third-order valence-electron chi connectivity index (χ3n) is 1.53. The lowest BCUT2D eigenvalue weighted by Gasteiger charge is -1.93. The Hall–Kier alpha value is -1.35. The molecule has 0 spiro atoms. The summed E-state index contributed by atoms with van der Waals surface area (Å²) in [6, 6.07) is 6.69. The van der Waals surface area contributed by atoms with Crippen molar-refractivity contribution in [2.45, 2.75) is 0 Å². The van der Waals surface area contributed by atoms with Gasteiger partial charge in [-0.2, -0.15) is 0 Å². The minimum absolute atomic E-state index is 0.0373. The first-order chi connectivity index (χ1) is 5.86. The van der Waals surface area contributed by atoms with Crippen molar-refractivity contribution in [1.29, 1.82) is 0 Å². The second-order valence-electron chi connectivity index (χ2n) is 2.36. The van der Waals surface area contributed by atoms with Crippen LogP contribution in [0, 0.1) is 0 Å². The summed E-state index contributed by atoms with van der Waals surface area (Å²) < 4.78 is 0. The number of hydrogen-bond acceptors (Lipinski definition) is 2. The van der Waals surface area contributed by atoms with Gasteiger partial charge in [0.2, 0.25) is 0 Å². The van der Waals surface area contributed by atoms with Crippen LogP contribution in [0.15, 0.2) is 35.8 Å². The number of aromatic nitrogens is 1. The molecule has 1 heterocycles. The molecule has 0 aliphatic heterocycles. The summed E-state index contributed by atoms with van der Waals surface area (Å²) in [5.41, 5.74) is 1.00. The third kappa shape index (κ3) is 1.31. The van der Waals surface area contributed by atoms with Crippen molar-refractivity contribution < 1.29 is 5.11 Å². The van der Waals surface area contributed by atoms with Crippen LogP contribution in [0.25, 0.3) is 10.6 Å². The molecule has 0 saturated heterocycles. The van der Waals surface area contributed by atoms with Gasteiger partial charge in [-0.1, -0.05) is 0 Å². The fourth-order valence-corrected chi connectivity index (χ4v) is 1.61. The van der Waals surface area contributed by atoms with Crippen molar-refractivity contribution in [3.63, 3.8) is 0 Å². The van der Waals surface area contributed by atoms with E-state index < -0.39 is 0 Å². The van der Waals surface area contributed by atoms with Crippen LogP contribution in [0.3, 0.4) is 0 Å². The number of hydrogen-bond donors (Lipinski definition) is 0. The Bertz CT molecular complexity index is 353. The van der Waals surface area contributed by atoms with Gasteiger partial charge < -0.3 is 0 Å². The van der Waals surface area contributed by atoms with E-state index in [1.807, 2.05) is 5.38 Å². The number of nitrogens with zero attached hydrogens (tertiary/aromatic N) is 1. The fraction of sp³-hybridized carbons (Fsp3) is 0. The molecule has 0 unspecified atom stereocenters. The first kappa shape index (κ1) is 7.31. The van der Waals surface area contributed by atoms with Gasteiger partial charge in [0.05, 0.1) is 0 Å². The summed E-state index contributed by atoms with van der Waals surface area (Å²) >= 11 is 1.57. The van der Waals surface area contributed by atoms with Gasteiger partial charge in [0.15, 0.2) is 5.75 Å². The highest BCUT2D eigenvalue weighted by Crippen LogP contribution is 2.23. The Kier molecular flexibility index (Phi) is 1.80. The molecule has 1 aromatic carbocycles. The molecular formula is C9H6NOS. The molecule has 0 aliphatic rings. The maximum Gasteiger partial charge on any atom is 0.178 e. The maximum absolute atomic E-state index is 10.8. The molecule has 2 rings (SSSR count). The Balaban J connectivity index is 2.43. The van der Waals surface area contributed by atoms with E-state index in [-0.39, 0.29) is 5.75 Å². The van der Waals surface area contributed by atoms with Crippen LogP contribution in [0.5, 0.6) is 5.75 Å². The Morgan fingerprint density at radius 1 is 1.17 bits per heavy atom. The molecule has 2 nitrogen and oxygen atoms in total. The molecule has 0 aliphatic carbocycles. The highest BCUT2D eigenvalue weighted by molar-refractivity contribution is 7.13. The number of rotatable bonds is 1. The van der Waals surface area contributed by atoms with Crippen molar-refractivity contribution in [3.8, 4) is 16.3 Å². The van der Waals surface area contributed by atoms with Crippen molar-refractivity contribution in [2.24, 2.45) is 0 Å². The van der Waals surface area contributed by atoms with E-state index in [2.05, 4.69) is 4.98 Å². The van der Waals surface area contributed by atoms with Gasteiger partial charge in [-0.05, 0) is 24.3 Å². The van der Waals surface area contributed by atoms with Crippen molar-refractivity contribution in [2.75, 3.05) is 0 Å². The van der Waals surface area contributed by atoms with E-state index in [1.54, 1.807) is 41.8 Å². The maximum atomic E-state index is 10.8. The molecular weight excluding hydrogens is 170 g/mol. The molecule has 0 saturated carbocycles. The van der Waals surface area contributed by atoms with Gasteiger partial charge in [0, 0.05) is 17.1 Å². The second-order valence-corrected chi connectivity index (χ2v) is 3.26. The van der Waals surface area contributed by atoms with Gasteiger partial charge in [0.25, 0.3) is 0 Å². The Morgan fingerprint density at radius 3 is 2.50 bits per heavy atom. The summed E-state index contributed by atoms with van der Waals surface area (Å²) in [7, 11) is 0. The summed E-state index contributed by atoms with van der Waals surface area (Å²) in [5.74, 6) is 0.0373. The van der Waals surface area contributed by atoms with Crippen LogP contribution < -0.4 is 0 Å². The van der Waals surface area contributed by atoms with Gasteiger partial charge in [-0.3, -0.25) is 5.11 Å². The zero-order chi connectivity index (χ0) is 8.39. The molecule has 1 radical (unpaired) electrons. The molecule has 2 aromatic rings. The summed E-state index contributed by atoms with van der Waals surface area (Å²) in [4.78, 5) is 4.13. The van der Waals surface area contributed by atoms with Gasteiger partial charge >= 0.3 is 0 Å². The monoisotopic (exact) mass is 176 g/mol. The summed E-state index contributed by atoms with van der Waals surface area (Å²) in [6.07, 6.45) is 1.76. The smallest absolute Gasteiger partial charge is 0.178 e. The van der Waals surface area contributed by atoms with Gasteiger partial charge in [-0.25, -0.2) is 4.98 Å². The lowest BCUT2D eigenvalue weighted by atomic mass is 10.2. The molecule has 0 amide bonds. The molecule has 0 atom stereocenters. The average molecular weight is 176 g/mol. The third-order valence-corrected chi connectivity index (χ3v) is 2.36. The topological polar surface area (TPSA) is 32.8 Å². The van der Waals surface area contributed by atoms with Crippen LogP contribution in [0.2, 0.25) is 0 Å². The van der Waals surface area contributed by atoms with Gasteiger partial charge in [0.1, 0.15) is 5.01 Å². The van der Waals surface area contributed by atoms with Crippen LogP contribution in [-0.2, 0) is 5.11 Å². The molecule has 0 N–H and O–H groups in total. The van der Waals surface area contributed by atoms with E-state index in [4.69, 9.17) is 0 Å². The van der Waals surface area contributed by atoms with Crippen molar-refractivity contribution in [1.82, 2.24) is 4.98 Å². The second kappa shape index (κ2) is 2.95. The quantitative estimate of drug-likeness (QED) is 0.657. The SMILES string of the molecule is [O]c1ccc(-c2nccs2)cc1. The molecule has 0 bridgehead atoms. The predicted molar refractivity (Wildman–Crippen MR) is 47.7 cm³/mol. The minimum atomic E-state index is 0.0373. The predicted octanol–water partition coefficient (Wildman–Crippen LogP) is 2.95. The highest BCUT2D eigenvalue weighted by atomic mass is 32.1. The first-order valence-electron chi connectivity index (χ1n) is 3.53.